The van der Waals surface area contributed by atoms with E-state index in [-0.39, 0.29) is 43.8 Å². The van der Waals surface area contributed by atoms with Gasteiger partial charge in [0.25, 0.3) is 0 Å². The fourth-order valence-corrected chi connectivity index (χ4v) is 4.86. The van der Waals surface area contributed by atoms with Crippen molar-refractivity contribution in [3.8, 4) is 5.75 Å². The zero-order chi connectivity index (χ0) is 38.7. The molecule has 0 aromatic heterocycles. The summed E-state index contributed by atoms with van der Waals surface area (Å²) in [5.41, 5.74) is 11.7. The Bertz CT molecular complexity index is 1350. The van der Waals surface area contributed by atoms with Crippen molar-refractivity contribution in [1.82, 2.24) is 26.6 Å². The molecule has 0 aliphatic carbocycles. The first-order chi connectivity index (χ1) is 24.0. The molecule has 6 atom stereocenters. The lowest BCUT2D eigenvalue weighted by Gasteiger charge is -2.27. The lowest BCUT2D eigenvalue weighted by Crippen LogP contribution is -2.59. The number of rotatable bonds is 24. The highest BCUT2D eigenvalue weighted by atomic mass is 16.4. The second-order valence-corrected chi connectivity index (χ2v) is 12.7. The molecule has 5 amide bonds. The summed E-state index contributed by atoms with van der Waals surface area (Å²) in [6.45, 7) is 8.94. The van der Waals surface area contributed by atoms with E-state index < -0.39 is 84.1 Å². The summed E-state index contributed by atoms with van der Waals surface area (Å²) in [6, 6.07) is -1.67. The fraction of sp³-hybridized carbons (Fsp3) is 0.559. The van der Waals surface area contributed by atoms with Gasteiger partial charge < -0.3 is 53.4 Å². The Kier molecular flexibility index (Phi) is 19.5. The van der Waals surface area contributed by atoms with Crippen molar-refractivity contribution in [1.29, 1.82) is 0 Å². The number of nitrogens with two attached hydrogens (primary N) is 2. The molecule has 284 valence electrons. The predicted molar refractivity (Wildman–Crippen MR) is 187 cm³/mol. The molecule has 0 saturated heterocycles. The van der Waals surface area contributed by atoms with Gasteiger partial charge in [0.15, 0.2) is 0 Å². The maximum atomic E-state index is 13.6. The molecule has 1 aromatic rings. The number of amides is 5. The lowest BCUT2D eigenvalue weighted by molar-refractivity contribution is -0.143. The molecule has 0 radical (unpaired) electrons. The maximum Gasteiger partial charge on any atom is 0.326 e. The van der Waals surface area contributed by atoms with E-state index in [1.165, 1.54) is 37.3 Å². The third kappa shape index (κ3) is 17.0. The molecule has 0 spiro atoms. The molecule has 0 bridgehead atoms. The van der Waals surface area contributed by atoms with Crippen LogP contribution < -0.4 is 38.1 Å². The average Bonchev–Trinajstić information content (AvgIpc) is 3.05. The van der Waals surface area contributed by atoms with E-state index in [1.807, 2.05) is 0 Å². The van der Waals surface area contributed by atoms with Crippen LogP contribution >= 0.6 is 0 Å². The van der Waals surface area contributed by atoms with Crippen LogP contribution in [-0.2, 0) is 40.0 Å². The molecule has 1 rings (SSSR count). The van der Waals surface area contributed by atoms with Crippen molar-refractivity contribution in [3.05, 3.63) is 42.5 Å². The molecule has 17 nitrogen and oxygen atoms in total. The van der Waals surface area contributed by atoms with Gasteiger partial charge in [-0.1, -0.05) is 32.1 Å². The number of carbonyl (C=O) groups excluding carboxylic acids is 5. The van der Waals surface area contributed by atoms with Crippen LogP contribution in [-0.4, -0.2) is 99.6 Å². The van der Waals surface area contributed by atoms with Crippen molar-refractivity contribution < 1.29 is 48.9 Å². The summed E-state index contributed by atoms with van der Waals surface area (Å²) in [4.78, 5) is 89.4. The molecule has 51 heavy (non-hydrogen) atoms. The smallest absolute Gasteiger partial charge is 0.326 e. The third-order valence-corrected chi connectivity index (χ3v) is 7.64. The number of phenols is 1. The van der Waals surface area contributed by atoms with Crippen molar-refractivity contribution in [3.63, 3.8) is 0 Å². The normalized spacial score (nSPS) is 14.5. The predicted octanol–water partition coefficient (Wildman–Crippen LogP) is -0.593. The number of unbranched alkanes of at least 4 members (excludes halogenated alkanes) is 1. The van der Waals surface area contributed by atoms with Crippen molar-refractivity contribution in [2.75, 3.05) is 6.54 Å². The van der Waals surface area contributed by atoms with Gasteiger partial charge in [-0.3, -0.25) is 28.8 Å². The van der Waals surface area contributed by atoms with E-state index >= 15 is 0 Å². The van der Waals surface area contributed by atoms with Gasteiger partial charge in [-0.25, -0.2) is 4.79 Å². The minimum Gasteiger partial charge on any atom is -0.508 e. The van der Waals surface area contributed by atoms with E-state index in [0.717, 1.165) is 0 Å². The highest BCUT2D eigenvalue weighted by molar-refractivity contribution is 5.96. The van der Waals surface area contributed by atoms with Gasteiger partial charge in [-0.05, 0) is 75.6 Å². The molecule has 0 fully saturated rings. The van der Waals surface area contributed by atoms with Crippen LogP contribution in [0, 0.1) is 5.92 Å². The minimum atomic E-state index is -1.46. The molecule has 12 N–H and O–H groups in total. The third-order valence-electron chi connectivity index (χ3n) is 7.64. The number of benzene rings is 1. The number of aromatic hydroxyl groups is 1. The van der Waals surface area contributed by atoms with E-state index in [4.69, 9.17) is 11.5 Å². The van der Waals surface area contributed by atoms with Gasteiger partial charge in [-0.15, -0.1) is 6.58 Å². The molecular weight excluding hydrogens is 666 g/mol. The van der Waals surface area contributed by atoms with E-state index in [0.29, 0.717) is 24.9 Å². The fourth-order valence-electron chi connectivity index (χ4n) is 4.86. The number of carbonyl (C=O) groups is 7. The van der Waals surface area contributed by atoms with Crippen LogP contribution in [0.3, 0.4) is 0 Å². The monoisotopic (exact) mass is 719 g/mol. The van der Waals surface area contributed by atoms with Gasteiger partial charge in [0.05, 0.1) is 6.04 Å². The highest BCUT2D eigenvalue weighted by Gasteiger charge is 2.33. The van der Waals surface area contributed by atoms with Crippen LogP contribution in [0.1, 0.15) is 71.3 Å². The summed E-state index contributed by atoms with van der Waals surface area (Å²) < 4.78 is 0. The van der Waals surface area contributed by atoms with Gasteiger partial charge in [0.1, 0.15) is 36.0 Å². The number of hydrogen-bond acceptors (Lipinski definition) is 10. The largest absolute Gasteiger partial charge is 0.508 e. The summed E-state index contributed by atoms with van der Waals surface area (Å²) in [7, 11) is 0. The summed E-state index contributed by atoms with van der Waals surface area (Å²) in [6.07, 6.45) is 1.41. The Morgan fingerprint density at radius 1 is 0.725 bits per heavy atom. The second kappa shape index (κ2) is 22.6. The zero-order valence-corrected chi connectivity index (χ0v) is 29.4. The first kappa shape index (κ1) is 44.0. The summed E-state index contributed by atoms with van der Waals surface area (Å²) in [5, 5.41) is 41.1. The Hall–Kier alpha value is -5.03. The molecule has 0 aliphatic heterocycles. The van der Waals surface area contributed by atoms with E-state index in [9.17, 15) is 48.9 Å². The topological polar surface area (TPSA) is 292 Å². The van der Waals surface area contributed by atoms with E-state index in [1.54, 1.807) is 13.8 Å². The zero-order valence-electron chi connectivity index (χ0n) is 29.4. The number of aliphatic carboxylic acids is 2. The molecular formula is C34H53N7O10. The number of hydrogen-bond donors (Lipinski definition) is 10. The van der Waals surface area contributed by atoms with Crippen LogP contribution in [0.25, 0.3) is 0 Å². The summed E-state index contributed by atoms with van der Waals surface area (Å²) >= 11 is 0. The average molecular weight is 720 g/mol. The quantitative estimate of drug-likeness (QED) is 0.0474. The molecule has 17 heteroatoms. The van der Waals surface area contributed by atoms with Crippen molar-refractivity contribution in [2.24, 2.45) is 17.4 Å². The van der Waals surface area contributed by atoms with Crippen LogP contribution in [0.5, 0.6) is 5.75 Å². The molecule has 1 aromatic carbocycles. The Balaban J connectivity index is 3.31. The Morgan fingerprint density at radius 2 is 1.22 bits per heavy atom. The number of carboxylic acids is 2. The molecule has 0 aliphatic rings. The van der Waals surface area contributed by atoms with Crippen molar-refractivity contribution in [2.45, 2.75) is 108 Å². The summed E-state index contributed by atoms with van der Waals surface area (Å²) in [5.74, 6) is -6.64. The van der Waals surface area contributed by atoms with Gasteiger partial charge in [-0.2, -0.15) is 0 Å². The number of phenolic OH excluding ortho intramolecular Hbond substituents is 1. The van der Waals surface area contributed by atoms with Crippen LogP contribution in [0.15, 0.2) is 36.9 Å². The van der Waals surface area contributed by atoms with Gasteiger partial charge >= 0.3 is 11.9 Å². The van der Waals surface area contributed by atoms with Crippen LogP contribution in [0.4, 0.5) is 0 Å². The highest BCUT2D eigenvalue weighted by Crippen LogP contribution is 2.13. The molecule has 0 heterocycles. The minimum absolute atomic E-state index is 0.0387. The first-order valence-corrected chi connectivity index (χ1v) is 16.8. The standard InChI is InChI=1S/C34H53N7O10/c1-5-8-23(30(46)40-26(18-21-10-12-22(42)13-11-21)33(49)41-27(34(50)51)17-19(2)3)38-32(48)25(14-15-28(43)44)39-31(47)24(9-6-7-16-35)37-29(45)20(4)36/h5,10-13,19-20,23-27,42H,1,6-9,14-18,35-36H2,2-4H3,(H,37,45)(H,38,48)(H,39,47)(H,40,46)(H,41,49)(H,43,44)(H,50,51)/t20-,23-,24-,25-,26-,27-/m0/s1. The number of carboxylic acid groups (broad SMARTS) is 2. The molecule has 0 unspecified atom stereocenters. The first-order valence-electron chi connectivity index (χ1n) is 16.8. The second-order valence-electron chi connectivity index (χ2n) is 12.7. The van der Waals surface area contributed by atoms with Gasteiger partial charge in [0.2, 0.25) is 29.5 Å². The van der Waals surface area contributed by atoms with Crippen LogP contribution in [0.2, 0.25) is 0 Å². The molecule has 0 saturated carbocycles. The van der Waals surface area contributed by atoms with Gasteiger partial charge in [0, 0.05) is 12.8 Å². The van der Waals surface area contributed by atoms with E-state index in [2.05, 4.69) is 33.2 Å². The number of nitrogens with one attached hydrogen (secondary N) is 5. The maximum absolute atomic E-state index is 13.6. The lowest BCUT2D eigenvalue weighted by atomic mass is 10.0. The van der Waals surface area contributed by atoms with Crippen molar-refractivity contribution >= 4 is 41.5 Å². The Labute approximate surface area is 297 Å². The Morgan fingerprint density at radius 3 is 1.73 bits per heavy atom. The SMILES string of the molecule is C=CC[C@H](NC(=O)[C@H](CCC(=O)O)NC(=O)[C@H](CCCCN)NC(=O)[C@H](C)N)C(=O)N[C@@H](Cc1ccc(O)cc1)C(=O)N[C@@H](CC(C)C)C(=O)O.